The van der Waals surface area contributed by atoms with Crippen LogP contribution in [0.5, 0.6) is 0 Å². The molecular weight excluding hydrogens is 404 g/mol. The molecule has 172 valence electrons. The number of benzene rings is 1. The minimum Gasteiger partial charge on any atom is -0.314 e. The number of aromatic nitrogens is 2. The summed E-state index contributed by atoms with van der Waals surface area (Å²) in [6, 6.07) is 11.4. The van der Waals surface area contributed by atoms with Crippen LogP contribution < -0.4 is 5.32 Å². The summed E-state index contributed by atoms with van der Waals surface area (Å²) in [5.41, 5.74) is 8.26. The van der Waals surface area contributed by atoms with E-state index < -0.39 is 0 Å². The van der Waals surface area contributed by atoms with Crippen LogP contribution in [0.3, 0.4) is 0 Å². The molecule has 3 heterocycles. The maximum absolute atomic E-state index is 5.45. The van der Waals surface area contributed by atoms with Crippen LogP contribution in [0.4, 0.5) is 0 Å². The van der Waals surface area contributed by atoms with Gasteiger partial charge in [-0.2, -0.15) is 0 Å². The highest BCUT2D eigenvalue weighted by Gasteiger charge is 2.52. The molecule has 8 rings (SSSR count). The quantitative estimate of drug-likeness (QED) is 0.607. The predicted octanol–water partition coefficient (Wildman–Crippen LogP) is 5.18. The van der Waals surface area contributed by atoms with Crippen LogP contribution in [0.2, 0.25) is 0 Å². The molecule has 0 spiro atoms. The summed E-state index contributed by atoms with van der Waals surface area (Å²) in [5.74, 6) is 2.84. The summed E-state index contributed by atoms with van der Waals surface area (Å²) in [4.78, 5) is 8.03. The topological polar surface area (TPSA) is 32.6 Å². The lowest BCUT2D eigenvalue weighted by Crippen LogP contribution is -2.48. The van der Waals surface area contributed by atoms with Gasteiger partial charge in [-0.1, -0.05) is 24.3 Å². The van der Waals surface area contributed by atoms with Crippen molar-refractivity contribution >= 4 is 5.65 Å². The summed E-state index contributed by atoms with van der Waals surface area (Å²) in [7, 11) is 0. The molecular formula is C29H36N4. The van der Waals surface area contributed by atoms with Crippen molar-refractivity contribution in [3.63, 3.8) is 0 Å². The van der Waals surface area contributed by atoms with E-state index in [0.717, 1.165) is 56.1 Å². The Balaban J connectivity index is 1.31. The molecule has 4 bridgehead atoms. The molecule has 0 amide bonds. The van der Waals surface area contributed by atoms with Crippen molar-refractivity contribution < 1.29 is 0 Å². The molecule has 0 atom stereocenters. The van der Waals surface area contributed by atoms with E-state index in [9.17, 15) is 0 Å². The van der Waals surface area contributed by atoms with Gasteiger partial charge in [-0.25, -0.2) is 4.98 Å². The molecule has 1 saturated heterocycles. The summed E-state index contributed by atoms with van der Waals surface area (Å²) in [6.45, 7) is 7.66. The highest BCUT2D eigenvalue weighted by Crippen LogP contribution is 2.60. The summed E-state index contributed by atoms with van der Waals surface area (Å²) < 4.78 is 2.35. The Labute approximate surface area is 197 Å². The molecule has 0 unspecified atom stereocenters. The van der Waals surface area contributed by atoms with Crippen molar-refractivity contribution in [2.45, 2.75) is 57.4 Å². The Hall–Kier alpha value is -2.17. The van der Waals surface area contributed by atoms with Gasteiger partial charge in [0.1, 0.15) is 5.65 Å². The zero-order chi connectivity index (χ0) is 22.0. The van der Waals surface area contributed by atoms with Crippen LogP contribution in [0, 0.1) is 24.7 Å². The fraction of sp³-hybridized carbons (Fsp3) is 0.552. The van der Waals surface area contributed by atoms with Crippen molar-refractivity contribution in [2.75, 3.05) is 26.2 Å². The molecule has 1 aliphatic heterocycles. The molecule has 1 N–H and O–H groups in total. The Morgan fingerprint density at radius 3 is 2.36 bits per heavy atom. The minimum atomic E-state index is 0.340. The summed E-state index contributed by atoms with van der Waals surface area (Å²) in [5, 5.41) is 3.48. The van der Waals surface area contributed by atoms with E-state index in [0.29, 0.717) is 5.41 Å². The Morgan fingerprint density at radius 2 is 1.64 bits per heavy atom. The van der Waals surface area contributed by atoms with Crippen LogP contribution in [0.15, 0.2) is 42.7 Å². The lowest BCUT2D eigenvalue weighted by molar-refractivity contribution is -0.00697. The van der Waals surface area contributed by atoms with Crippen molar-refractivity contribution in [3.05, 3.63) is 59.5 Å². The molecule has 4 heteroatoms. The van der Waals surface area contributed by atoms with E-state index >= 15 is 0 Å². The number of hydrogen-bond acceptors (Lipinski definition) is 3. The van der Waals surface area contributed by atoms with E-state index in [-0.39, 0.29) is 0 Å². The average molecular weight is 441 g/mol. The second-order valence-corrected chi connectivity index (χ2v) is 11.7. The molecule has 4 aliphatic carbocycles. The van der Waals surface area contributed by atoms with Gasteiger partial charge in [-0.3, -0.25) is 4.90 Å². The zero-order valence-corrected chi connectivity index (χ0v) is 19.9. The third-order valence-electron chi connectivity index (χ3n) is 9.18. The number of piperazine rings is 1. The first-order valence-corrected chi connectivity index (χ1v) is 13.2. The largest absolute Gasteiger partial charge is 0.314 e. The fourth-order valence-corrected chi connectivity index (χ4v) is 8.15. The van der Waals surface area contributed by atoms with Crippen LogP contribution in [-0.2, 0) is 12.0 Å². The van der Waals surface area contributed by atoms with Gasteiger partial charge in [0, 0.05) is 56.1 Å². The number of imidazole rings is 1. The first-order chi connectivity index (χ1) is 16.1. The van der Waals surface area contributed by atoms with E-state index in [4.69, 9.17) is 4.98 Å². The Morgan fingerprint density at radius 1 is 0.939 bits per heavy atom. The highest BCUT2D eigenvalue weighted by atomic mass is 15.2. The van der Waals surface area contributed by atoms with E-state index in [2.05, 4.69) is 64.3 Å². The van der Waals surface area contributed by atoms with Gasteiger partial charge in [0.2, 0.25) is 0 Å². The third kappa shape index (κ3) is 3.45. The lowest BCUT2D eigenvalue weighted by Gasteiger charge is -2.56. The second kappa shape index (κ2) is 7.68. The van der Waals surface area contributed by atoms with Crippen molar-refractivity contribution in [2.24, 2.45) is 17.8 Å². The molecule has 3 aromatic rings. The molecule has 5 fully saturated rings. The van der Waals surface area contributed by atoms with Crippen molar-refractivity contribution in [1.29, 1.82) is 0 Å². The number of nitrogens with zero attached hydrogens (tertiary/aromatic N) is 3. The van der Waals surface area contributed by atoms with Gasteiger partial charge < -0.3 is 9.72 Å². The van der Waals surface area contributed by atoms with Crippen LogP contribution >= 0.6 is 0 Å². The monoisotopic (exact) mass is 440 g/mol. The van der Waals surface area contributed by atoms with Gasteiger partial charge in [-0.15, -0.1) is 0 Å². The van der Waals surface area contributed by atoms with Gasteiger partial charge in [0.15, 0.2) is 0 Å². The number of nitrogens with one attached hydrogen (secondary N) is 1. The third-order valence-corrected chi connectivity index (χ3v) is 9.18. The van der Waals surface area contributed by atoms with Crippen molar-refractivity contribution in [3.8, 4) is 11.1 Å². The van der Waals surface area contributed by atoms with E-state index in [1.54, 1.807) is 0 Å². The first-order valence-electron chi connectivity index (χ1n) is 13.2. The molecule has 4 nitrogen and oxygen atoms in total. The maximum atomic E-state index is 5.45. The van der Waals surface area contributed by atoms with Crippen molar-refractivity contribution in [1.82, 2.24) is 19.6 Å². The predicted molar refractivity (Wildman–Crippen MR) is 133 cm³/mol. The van der Waals surface area contributed by atoms with Gasteiger partial charge in [-0.05, 0) is 86.0 Å². The molecule has 33 heavy (non-hydrogen) atoms. The molecule has 0 radical (unpaired) electrons. The normalized spacial score (nSPS) is 31.5. The highest BCUT2D eigenvalue weighted by molar-refractivity contribution is 5.80. The standard InChI is InChI=1S/C29H36N4/c1-20-10-26(25-5-3-2-4-24(25)18-32-8-6-30-7-9-32)28-31-27(19-33(28)17-20)29-14-21-11-22(15-29)13-23(12-21)16-29/h2-5,10,17,19,21-23,30H,6-9,11-16,18H2,1H3. The lowest BCUT2D eigenvalue weighted by atomic mass is 9.49. The Bertz CT molecular complexity index is 1150. The fourth-order valence-electron chi connectivity index (χ4n) is 8.15. The number of fused-ring (bicyclic) bond motifs is 1. The van der Waals surface area contributed by atoms with Gasteiger partial charge in [0.25, 0.3) is 0 Å². The second-order valence-electron chi connectivity index (χ2n) is 11.7. The molecule has 4 saturated carbocycles. The number of rotatable bonds is 4. The van der Waals surface area contributed by atoms with E-state index in [1.165, 1.54) is 66.5 Å². The molecule has 1 aromatic carbocycles. The van der Waals surface area contributed by atoms with Gasteiger partial charge in [0.05, 0.1) is 5.69 Å². The maximum Gasteiger partial charge on any atom is 0.144 e. The SMILES string of the molecule is Cc1cc(-c2ccccc2CN2CCNCC2)c2nc(C34CC5CC(CC(C5)C3)C4)cn2c1. The summed E-state index contributed by atoms with van der Waals surface area (Å²) in [6.07, 6.45) is 13.3. The molecule has 5 aliphatic rings. The van der Waals surface area contributed by atoms with Gasteiger partial charge >= 0.3 is 0 Å². The zero-order valence-electron chi connectivity index (χ0n) is 19.9. The summed E-state index contributed by atoms with van der Waals surface area (Å²) >= 11 is 0. The van der Waals surface area contributed by atoms with Crippen LogP contribution in [-0.4, -0.2) is 40.5 Å². The smallest absolute Gasteiger partial charge is 0.144 e. The minimum absolute atomic E-state index is 0.340. The molecule has 2 aromatic heterocycles. The number of aryl methyl sites for hydroxylation is 1. The van der Waals surface area contributed by atoms with Crippen LogP contribution in [0.1, 0.15) is 55.3 Å². The first kappa shape index (κ1) is 20.2. The van der Waals surface area contributed by atoms with Crippen LogP contribution in [0.25, 0.3) is 16.8 Å². The Kier molecular flexibility index (Phi) is 4.70. The number of pyridine rings is 1. The average Bonchev–Trinajstić information content (AvgIpc) is 3.24. The van der Waals surface area contributed by atoms with E-state index in [1.807, 2.05) is 0 Å². The number of hydrogen-bond donors (Lipinski definition) is 1.